The summed E-state index contributed by atoms with van der Waals surface area (Å²) in [6.07, 6.45) is 1.64. The Labute approximate surface area is 77.5 Å². The maximum absolute atomic E-state index is 10.6. The van der Waals surface area contributed by atoms with Gasteiger partial charge in [0.1, 0.15) is 0 Å². The molecule has 1 fully saturated rings. The third-order valence-electron chi connectivity index (χ3n) is 2.43. The van der Waals surface area contributed by atoms with E-state index in [0.717, 1.165) is 0 Å². The van der Waals surface area contributed by atoms with Crippen molar-refractivity contribution in [1.29, 1.82) is 0 Å². The first kappa shape index (κ1) is 10.1. The fraction of sp³-hybridized carbons (Fsp3) is 0.667. The zero-order chi connectivity index (χ0) is 9.84. The van der Waals surface area contributed by atoms with E-state index in [1.54, 1.807) is 6.08 Å². The average molecular weight is 185 g/mol. The molecule has 1 amide bonds. The molecule has 74 valence electrons. The van der Waals surface area contributed by atoms with Gasteiger partial charge in [0, 0.05) is 19.0 Å². The lowest BCUT2D eigenvalue weighted by atomic mass is 9.92. The normalized spacial score (nSPS) is 28.5. The summed E-state index contributed by atoms with van der Waals surface area (Å²) in [6.45, 7) is 4.44. The lowest BCUT2D eigenvalue weighted by molar-refractivity contribution is 0.0308. The number of nitrogens with zero attached hydrogens (tertiary/aromatic N) is 1. The number of hydrogen-bond acceptors (Lipinski definition) is 2. The zero-order valence-electron chi connectivity index (χ0n) is 7.52. The van der Waals surface area contributed by atoms with Crippen LogP contribution in [0.15, 0.2) is 12.7 Å². The predicted octanol–water partition coefficient (Wildman–Crippen LogP) is 0.923. The molecule has 0 radical (unpaired) electrons. The van der Waals surface area contributed by atoms with Crippen molar-refractivity contribution in [2.75, 3.05) is 13.1 Å². The fourth-order valence-electron chi connectivity index (χ4n) is 1.64. The van der Waals surface area contributed by atoms with Crippen molar-refractivity contribution in [3.8, 4) is 0 Å². The van der Waals surface area contributed by atoms with Crippen molar-refractivity contribution in [3.05, 3.63) is 12.7 Å². The van der Waals surface area contributed by atoms with E-state index >= 15 is 0 Å². The van der Waals surface area contributed by atoms with Gasteiger partial charge in [0.25, 0.3) is 0 Å². The van der Waals surface area contributed by atoms with Crippen LogP contribution in [0.2, 0.25) is 0 Å². The lowest BCUT2D eigenvalue weighted by Gasteiger charge is -2.33. The number of aliphatic hydroxyl groups is 1. The molecule has 0 bridgehead atoms. The minimum Gasteiger partial charge on any atom is -0.465 e. The van der Waals surface area contributed by atoms with Crippen LogP contribution in [0.5, 0.6) is 0 Å². The molecular weight excluding hydrogens is 170 g/mol. The maximum Gasteiger partial charge on any atom is 0.407 e. The fourth-order valence-corrected chi connectivity index (χ4v) is 1.64. The molecule has 1 aliphatic rings. The van der Waals surface area contributed by atoms with Gasteiger partial charge in [0.2, 0.25) is 0 Å². The largest absolute Gasteiger partial charge is 0.465 e. The third kappa shape index (κ3) is 2.45. The molecule has 1 aliphatic heterocycles. The Morgan fingerprint density at radius 1 is 1.69 bits per heavy atom. The van der Waals surface area contributed by atoms with Crippen LogP contribution in [0.3, 0.4) is 0 Å². The molecule has 0 aromatic heterocycles. The molecule has 0 aromatic rings. The highest BCUT2D eigenvalue weighted by atomic mass is 16.4. The topological polar surface area (TPSA) is 60.8 Å². The van der Waals surface area contributed by atoms with E-state index in [9.17, 15) is 9.90 Å². The Morgan fingerprint density at radius 3 is 2.92 bits per heavy atom. The SMILES string of the molecule is C=CCC1CN(C(=O)O)CCC1O. The number of piperidine rings is 1. The van der Waals surface area contributed by atoms with Crippen LogP contribution in [0, 0.1) is 5.92 Å². The monoisotopic (exact) mass is 185 g/mol. The van der Waals surface area contributed by atoms with Crippen molar-refractivity contribution in [3.63, 3.8) is 0 Å². The summed E-state index contributed by atoms with van der Waals surface area (Å²) in [5.41, 5.74) is 0. The van der Waals surface area contributed by atoms with Crippen molar-refractivity contribution in [2.24, 2.45) is 5.92 Å². The second kappa shape index (κ2) is 4.28. The van der Waals surface area contributed by atoms with Gasteiger partial charge in [0.05, 0.1) is 6.10 Å². The Balaban J connectivity index is 2.52. The number of carboxylic acid groups (broad SMARTS) is 1. The molecule has 1 rings (SSSR count). The van der Waals surface area contributed by atoms with E-state index in [0.29, 0.717) is 25.9 Å². The van der Waals surface area contributed by atoms with Gasteiger partial charge in [-0.1, -0.05) is 6.08 Å². The molecule has 1 heterocycles. The van der Waals surface area contributed by atoms with E-state index in [2.05, 4.69) is 6.58 Å². The zero-order valence-corrected chi connectivity index (χ0v) is 7.52. The number of amides is 1. The second-order valence-electron chi connectivity index (χ2n) is 3.37. The maximum atomic E-state index is 10.6. The van der Waals surface area contributed by atoms with Crippen LogP contribution in [0.4, 0.5) is 4.79 Å². The number of carbonyl (C=O) groups is 1. The number of rotatable bonds is 2. The molecule has 1 saturated heterocycles. The molecule has 13 heavy (non-hydrogen) atoms. The summed E-state index contributed by atoms with van der Waals surface area (Å²) in [7, 11) is 0. The van der Waals surface area contributed by atoms with E-state index in [4.69, 9.17) is 5.11 Å². The Kier molecular flexibility index (Phi) is 3.31. The number of likely N-dealkylation sites (tertiary alicyclic amines) is 1. The number of allylic oxidation sites excluding steroid dienone is 1. The van der Waals surface area contributed by atoms with Crippen molar-refractivity contribution < 1.29 is 15.0 Å². The third-order valence-corrected chi connectivity index (χ3v) is 2.43. The quantitative estimate of drug-likeness (QED) is 0.629. The van der Waals surface area contributed by atoms with E-state index in [-0.39, 0.29) is 12.0 Å². The molecule has 2 unspecified atom stereocenters. The summed E-state index contributed by atoms with van der Waals surface area (Å²) >= 11 is 0. The van der Waals surface area contributed by atoms with Crippen LogP contribution in [-0.2, 0) is 0 Å². The van der Waals surface area contributed by atoms with Crippen LogP contribution in [-0.4, -0.2) is 40.4 Å². The van der Waals surface area contributed by atoms with Crippen LogP contribution in [0.25, 0.3) is 0 Å². The highest BCUT2D eigenvalue weighted by molar-refractivity contribution is 5.65. The molecule has 2 N–H and O–H groups in total. The minimum absolute atomic E-state index is 0.0161. The van der Waals surface area contributed by atoms with Crippen LogP contribution in [0.1, 0.15) is 12.8 Å². The first-order valence-corrected chi connectivity index (χ1v) is 4.42. The molecule has 4 nitrogen and oxygen atoms in total. The Bertz CT molecular complexity index is 205. The van der Waals surface area contributed by atoms with Crippen LogP contribution >= 0.6 is 0 Å². The summed E-state index contributed by atoms with van der Waals surface area (Å²) < 4.78 is 0. The standard InChI is InChI=1S/C9H15NO3/c1-2-3-7-6-10(9(12)13)5-4-8(7)11/h2,7-8,11H,1,3-6H2,(H,12,13). The summed E-state index contributed by atoms with van der Waals surface area (Å²) in [5.74, 6) is 0.0161. The molecule has 4 heteroatoms. The lowest BCUT2D eigenvalue weighted by Crippen LogP contribution is -2.45. The van der Waals surface area contributed by atoms with Gasteiger partial charge in [-0.15, -0.1) is 6.58 Å². The van der Waals surface area contributed by atoms with Gasteiger partial charge in [0.15, 0.2) is 0 Å². The molecule has 0 spiro atoms. The van der Waals surface area contributed by atoms with Gasteiger partial charge in [-0.2, -0.15) is 0 Å². The first-order chi connectivity index (χ1) is 6.15. The van der Waals surface area contributed by atoms with Crippen molar-refractivity contribution >= 4 is 6.09 Å². The summed E-state index contributed by atoms with van der Waals surface area (Å²) in [5, 5.41) is 18.3. The Hall–Kier alpha value is -1.03. The highest BCUT2D eigenvalue weighted by Crippen LogP contribution is 2.20. The van der Waals surface area contributed by atoms with Gasteiger partial charge in [-0.25, -0.2) is 4.79 Å². The predicted molar refractivity (Wildman–Crippen MR) is 48.5 cm³/mol. The second-order valence-corrected chi connectivity index (χ2v) is 3.37. The van der Waals surface area contributed by atoms with E-state index in [1.165, 1.54) is 4.90 Å². The molecule has 2 atom stereocenters. The van der Waals surface area contributed by atoms with Crippen LogP contribution < -0.4 is 0 Å². The smallest absolute Gasteiger partial charge is 0.407 e. The highest BCUT2D eigenvalue weighted by Gasteiger charge is 2.28. The van der Waals surface area contributed by atoms with Crippen molar-refractivity contribution in [1.82, 2.24) is 4.90 Å². The van der Waals surface area contributed by atoms with Crippen molar-refractivity contribution in [2.45, 2.75) is 18.9 Å². The van der Waals surface area contributed by atoms with Gasteiger partial charge >= 0.3 is 6.09 Å². The molecule has 0 aromatic carbocycles. The van der Waals surface area contributed by atoms with E-state index < -0.39 is 6.09 Å². The molecule has 0 aliphatic carbocycles. The summed E-state index contributed by atoms with van der Waals surface area (Å²) in [4.78, 5) is 12.0. The van der Waals surface area contributed by atoms with Gasteiger partial charge in [-0.3, -0.25) is 0 Å². The average Bonchev–Trinajstić information content (AvgIpc) is 2.08. The van der Waals surface area contributed by atoms with Gasteiger partial charge in [-0.05, 0) is 12.8 Å². The summed E-state index contributed by atoms with van der Waals surface area (Å²) in [6, 6.07) is 0. The minimum atomic E-state index is -0.902. The molecular formula is C9H15NO3. The van der Waals surface area contributed by atoms with E-state index in [1.807, 2.05) is 0 Å². The van der Waals surface area contributed by atoms with Gasteiger partial charge < -0.3 is 15.1 Å². The Morgan fingerprint density at radius 2 is 2.38 bits per heavy atom. The number of aliphatic hydroxyl groups excluding tert-OH is 1. The number of hydrogen-bond donors (Lipinski definition) is 2. The first-order valence-electron chi connectivity index (χ1n) is 4.42. The molecule has 0 saturated carbocycles.